The Kier molecular flexibility index (Phi) is 9.86. The van der Waals surface area contributed by atoms with E-state index in [0.717, 1.165) is 11.8 Å². The van der Waals surface area contributed by atoms with E-state index in [1.165, 1.54) is 77.3 Å². The van der Waals surface area contributed by atoms with Crippen LogP contribution in [0.1, 0.15) is 127 Å². The molecule has 27 heavy (non-hydrogen) atoms. The van der Waals surface area contributed by atoms with Gasteiger partial charge in [0.05, 0.1) is 0 Å². The molecule has 0 unspecified atom stereocenters. The van der Waals surface area contributed by atoms with E-state index in [1.54, 1.807) is 0 Å². The van der Waals surface area contributed by atoms with Crippen LogP contribution in [0.2, 0.25) is 0 Å². The molecule has 3 aliphatic rings. The standard InChI is InChI=1S/2C9H18.C8H17N/c2*1-9(2,3)8-6-4-5-7-8;1-8(2,3)9-6-4-5-7-9/h2*8H,4-7H2,1-3H3;4-7H2,1-3H3. The molecular formula is C26H53N. The van der Waals surface area contributed by atoms with E-state index in [0.29, 0.717) is 16.4 Å². The third kappa shape index (κ3) is 9.82. The van der Waals surface area contributed by atoms with Crippen molar-refractivity contribution >= 4 is 0 Å². The Hall–Kier alpha value is -0.0400. The largest absolute Gasteiger partial charge is 0.298 e. The van der Waals surface area contributed by atoms with Crippen molar-refractivity contribution in [1.82, 2.24) is 4.90 Å². The summed E-state index contributed by atoms with van der Waals surface area (Å²) in [6.07, 6.45) is 14.6. The summed E-state index contributed by atoms with van der Waals surface area (Å²) in [6, 6.07) is 0. The molecule has 1 aliphatic heterocycles. The van der Waals surface area contributed by atoms with Crippen molar-refractivity contribution < 1.29 is 0 Å². The van der Waals surface area contributed by atoms with Gasteiger partial charge in [-0.15, -0.1) is 0 Å². The van der Waals surface area contributed by atoms with Gasteiger partial charge in [0, 0.05) is 5.54 Å². The molecule has 0 atom stereocenters. The fraction of sp³-hybridized carbons (Fsp3) is 1.00. The molecule has 162 valence electrons. The first-order valence-electron chi connectivity index (χ1n) is 12.1. The first-order chi connectivity index (χ1) is 12.3. The smallest absolute Gasteiger partial charge is 0.0125 e. The zero-order chi connectivity index (χ0) is 20.7. The van der Waals surface area contributed by atoms with Crippen LogP contribution in [-0.2, 0) is 0 Å². The maximum Gasteiger partial charge on any atom is 0.0125 e. The highest BCUT2D eigenvalue weighted by atomic mass is 15.2. The van der Waals surface area contributed by atoms with E-state index >= 15 is 0 Å². The van der Waals surface area contributed by atoms with Crippen LogP contribution < -0.4 is 0 Å². The van der Waals surface area contributed by atoms with Gasteiger partial charge in [-0.1, -0.05) is 67.2 Å². The fourth-order valence-corrected chi connectivity index (χ4v) is 4.97. The van der Waals surface area contributed by atoms with Gasteiger partial charge in [0.15, 0.2) is 0 Å². The van der Waals surface area contributed by atoms with Crippen LogP contribution in [0.25, 0.3) is 0 Å². The highest BCUT2D eigenvalue weighted by Gasteiger charge is 2.27. The lowest BCUT2D eigenvalue weighted by Gasteiger charge is -2.31. The van der Waals surface area contributed by atoms with Crippen molar-refractivity contribution in [2.45, 2.75) is 132 Å². The van der Waals surface area contributed by atoms with Crippen molar-refractivity contribution in [2.75, 3.05) is 13.1 Å². The van der Waals surface area contributed by atoms with E-state index in [9.17, 15) is 0 Å². The summed E-state index contributed by atoms with van der Waals surface area (Å²) < 4.78 is 0. The average molecular weight is 380 g/mol. The predicted molar refractivity (Wildman–Crippen MR) is 123 cm³/mol. The Bertz CT molecular complexity index is 310. The zero-order valence-corrected chi connectivity index (χ0v) is 20.6. The minimum Gasteiger partial charge on any atom is -0.298 e. The van der Waals surface area contributed by atoms with Gasteiger partial charge in [-0.2, -0.15) is 0 Å². The summed E-state index contributed by atoms with van der Waals surface area (Å²) >= 11 is 0. The molecule has 0 aromatic heterocycles. The molecule has 1 saturated heterocycles. The van der Waals surface area contributed by atoms with Crippen molar-refractivity contribution in [3.05, 3.63) is 0 Å². The molecule has 0 aromatic rings. The summed E-state index contributed by atoms with van der Waals surface area (Å²) in [5, 5.41) is 0. The van der Waals surface area contributed by atoms with Gasteiger partial charge in [-0.25, -0.2) is 0 Å². The second kappa shape index (κ2) is 10.7. The molecule has 2 aliphatic carbocycles. The first kappa shape index (κ1) is 25.0. The summed E-state index contributed by atoms with van der Waals surface area (Å²) in [5.74, 6) is 2.02. The summed E-state index contributed by atoms with van der Waals surface area (Å²) in [4.78, 5) is 2.55. The predicted octanol–water partition coefficient (Wildman–Crippen LogP) is 8.33. The Morgan fingerprint density at radius 2 is 0.778 bits per heavy atom. The molecule has 3 rings (SSSR count). The molecule has 0 aromatic carbocycles. The Labute approximate surface area is 173 Å². The van der Waals surface area contributed by atoms with Gasteiger partial charge in [0.25, 0.3) is 0 Å². The molecule has 0 bridgehead atoms. The van der Waals surface area contributed by atoms with Crippen LogP contribution in [0.15, 0.2) is 0 Å². The molecule has 1 heteroatoms. The lowest BCUT2D eigenvalue weighted by atomic mass is 9.80. The SMILES string of the molecule is CC(C)(C)C1CCCC1.CC(C)(C)C1CCCC1.CC(C)(C)N1CCCC1. The molecule has 0 radical (unpaired) electrons. The van der Waals surface area contributed by atoms with Gasteiger partial charge in [0.2, 0.25) is 0 Å². The third-order valence-electron chi connectivity index (χ3n) is 7.21. The third-order valence-corrected chi connectivity index (χ3v) is 7.21. The summed E-state index contributed by atoms with van der Waals surface area (Å²) in [5.41, 5.74) is 1.57. The quantitative estimate of drug-likeness (QED) is 0.409. The van der Waals surface area contributed by atoms with E-state index in [-0.39, 0.29) is 0 Å². The van der Waals surface area contributed by atoms with Crippen LogP contribution in [0.4, 0.5) is 0 Å². The topological polar surface area (TPSA) is 3.24 Å². The van der Waals surface area contributed by atoms with Crippen molar-refractivity contribution in [3.8, 4) is 0 Å². The number of rotatable bonds is 0. The maximum absolute atomic E-state index is 2.55. The Morgan fingerprint density at radius 1 is 0.481 bits per heavy atom. The van der Waals surface area contributed by atoms with Gasteiger partial charge in [0.1, 0.15) is 0 Å². The fourth-order valence-electron chi connectivity index (χ4n) is 4.97. The molecule has 2 saturated carbocycles. The average Bonchev–Trinajstić information content (AvgIpc) is 3.28. The highest BCUT2D eigenvalue weighted by molar-refractivity contribution is 4.80. The van der Waals surface area contributed by atoms with Crippen LogP contribution in [0.3, 0.4) is 0 Å². The first-order valence-corrected chi connectivity index (χ1v) is 12.1. The van der Waals surface area contributed by atoms with E-state index < -0.39 is 0 Å². The number of likely N-dealkylation sites (tertiary alicyclic amines) is 1. The molecule has 1 nitrogen and oxygen atoms in total. The number of hydrogen-bond donors (Lipinski definition) is 0. The molecule has 0 spiro atoms. The molecule has 0 amide bonds. The van der Waals surface area contributed by atoms with Gasteiger partial charge < -0.3 is 0 Å². The van der Waals surface area contributed by atoms with E-state index in [1.807, 2.05) is 0 Å². The van der Waals surface area contributed by atoms with Gasteiger partial charge >= 0.3 is 0 Å². The molecule has 0 N–H and O–H groups in total. The van der Waals surface area contributed by atoms with Crippen LogP contribution in [0, 0.1) is 22.7 Å². The van der Waals surface area contributed by atoms with Crippen LogP contribution in [-0.4, -0.2) is 23.5 Å². The lowest BCUT2D eigenvalue weighted by Crippen LogP contribution is -2.38. The second-order valence-electron chi connectivity index (χ2n) is 12.6. The van der Waals surface area contributed by atoms with Crippen LogP contribution >= 0.6 is 0 Å². The molecule has 1 heterocycles. The maximum atomic E-state index is 2.55. The van der Waals surface area contributed by atoms with Crippen LogP contribution in [0.5, 0.6) is 0 Å². The van der Waals surface area contributed by atoms with E-state index in [2.05, 4.69) is 67.2 Å². The zero-order valence-electron chi connectivity index (χ0n) is 20.6. The normalized spacial score (nSPS) is 23.0. The highest BCUT2D eigenvalue weighted by Crippen LogP contribution is 2.39. The van der Waals surface area contributed by atoms with Crippen molar-refractivity contribution in [2.24, 2.45) is 22.7 Å². The summed E-state index contributed by atoms with van der Waals surface area (Å²) in [6.45, 7) is 23.7. The minimum absolute atomic E-state index is 0.413. The van der Waals surface area contributed by atoms with E-state index in [4.69, 9.17) is 0 Å². The van der Waals surface area contributed by atoms with Crippen molar-refractivity contribution in [3.63, 3.8) is 0 Å². The van der Waals surface area contributed by atoms with Gasteiger partial charge in [-0.05, 0) is 95.1 Å². The van der Waals surface area contributed by atoms with Gasteiger partial charge in [-0.3, -0.25) is 4.90 Å². The lowest BCUT2D eigenvalue weighted by molar-refractivity contribution is 0.175. The molecule has 3 fully saturated rings. The Balaban J connectivity index is 0.000000202. The van der Waals surface area contributed by atoms with Crippen molar-refractivity contribution in [1.29, 1.82) is 0 Å². The monoisotopic (exact) mass is 379 g/mol. The number of hydrogen-bond acceptors (Lipinski definition) is 1. The minimum atomic E-state index is 0.413. The molecular weight excluding hydrogens is 326 g/mol. The summed E-state index contributed by atoms with van der Waals surface area (Å²) in [7, 11) is 0. The second-order valence-corrected chi connectivity index (χ2v) is 12.6. The Morgan fingerprint density at radius 3 is 0.926 bits per heavy atom. The number of nitrogens with zero attached hydrogens (tertiary/aromatic N) is 1.